The highest BCUT2D eigenvalue weighted by Gasteiger charge is 2.22. The van der Waals surface area contributed by atoms with Gasteiger partial charge in [-0.2, -0.15) is 0 Å². The minimum atomic E-state index is -3.39. The summed E-state index contributed by atoms with van der Waals surface area (Å²) in [5.74, 6) is -2.17. The number of aromatic hydroxyl groups is 1. The molecule has 2 heterocycles. The van der Waals surface area contributed by atoms with E-state index in [4.69, 9.17) is 0 Å². The Kier molecular flexibility index (Phi) is 4.46. The Bertz CT molecular complexity index is 1160. The zero-order valence-electron chi connectivity index (χ0n) is 13.5. The van der Waals surface area contributed by atoms with Crippen LogP contribution in [0, 0.1) is 0 Å². The number of aromatic nitrogens is 1. The molecule has 8 nitrogen and oxygen atoms in total. The molecule has 0 spiro atoms. The van der Waals surface area contributed by atoms with Crippen LogP contribution in [0.15, 0.2) is 40.5 Å². The molecular formula is C16H14N2O6S2. The van der Waals surface area contributed by atoms with Gasteiger partial charge in [-0.3, -0.25) is 14.1 Å². The highest BCUT2D eigenvalue weighted by molar-refractivity contribution is 7.92. The Morgan fingerprint density at radius 3 is 2.46 bits per heavy atom. The van der Waals surface area contributed by atoms with Crippen LogP contribution < -0.4 is 10.3 Å². The molecule has 0 fully saturated rings. The van der Waals surface area contributed by atoms with Crippen LogP contribution in [0.3, 0.4) is 0 Å². The van der Waals surface area contributed by atoms with E-state index in [9.17, 15) is 28.2 Å². The fraction of sp³-hybridized carbons (Fsp3) is 0.125. The Hall–Kier alpha value is -2.85. The molecule has 136 valence electrons. The second kappa shape index (κ2) is 6.46. The molecule has 0 atom stereocenters. The average Bonchev–Trinajstić information content (AvgIpc) is 3.00. The number of benzene rings is 1. The van der Waals surface area contributed by atoms with E-state index in [1.54, 1.807) is 35.7 Å². The van der Waals surface area contributed by atoms with Crippen molar-refractivity contribution in [1.82, 2.24) is 4.57 Å². The van der Waals surface area contributed by atoms with E-state index in [1.807, 2.05) is 0 Å². The number of rotatable bonds is 5. The molecule has 2 aromatic heterocycles. The summed E-state index contributed by atoms with van der Waals surface area (Å²) in [6.07, 6.45) is 1.04. The zero-order valence-corrected chi connectivity index (χ0v) is 15.1. The van der Waals surface area contributed by atoms with E-state index in [0.29, 0.717) is 21.5 Å². The quantitative estimate of drug-likeness (QED) is 0.607. The van der Waals surface area contributed by atoms with E-state index in [-0.39, 0.29) is 6.54 Å². The molecule has 0 saturated heterocycles. The lowest BCUT2D eigenvalue weighted by atomic mass is 10.1. The number of carbonyl (C=O) groups is 1. The molecule has 0 aliphatic heterocycles. The monoisotopic (exact) mass is 394 g/mol. The lowest BCUT2D eigenvalue weighted by Crippen LogP contribution is -2.22. The van der Waals surface area contributed by atoms with Gasteiger partial charge in [-0.1, -0.05) is 12.1 Å². The number of sulfonamides is 1. The van der Waals surface area contributed by atoms with Crippen molar-refractivity contribution >= 4 is 43.2 Å². The first-order valence-corrected chi connectivity index (χ1v) is 10.1. The maximum Gasteiger partial charge on any atom is 0.341 e. The van der Waals surface area contributed by atoms with Crippen LogP contribution in [0.1, 0.15) is 15.9 Å². The highest BCUT2D eigenvalue weighted by atomic mass is 32.2. The zero-order chi connectivity index (χ0) is 19.1. The third-order valence-electron chi connectivity index (χ3n) is 3.66. The number of thiophene rings is 1. The molecule has 1 aromatic carbocycles. The number of anilines is 1. The SMILES string of the molecule is CS(=O)(=O)Nc1ccc(Cn2c(=O)c(O)c(C(=O)O)c3sccc32)cc1. The molecule has 0 unspecified atom stereocenters. The second-order valence-corrected chi connectivity index (χ2v) is 8.29. The van der Waals surface area contributed by atoms with Gasteiger partial charge < -0.3 is 10.2 Å². The number of pyridine rings is 1. The predicted molar refractivity (Wildman–Crippen MR) is 98.7 cm³/mol. The maximum atomic E-state index is 12.4. The van der Waals surface area contributed by atoms with E-state index in [2.05, 4.69) is 4.72 Å². The molecule has 0 aliphatic carbocycles. The van der Waals surface area contributed by atoms with Gasteiger partial charge in [0.05, 0.1) is 23.0 Å². The molecule has 3 aromatic rings. The number of hydrogen-bond acceptors (Lipinski definition) is 6. The van der Waals surface area contributed by atoms with Crippen molar-refractivity contribution in [3.8, 4) is 5.75 Å². The maximum absolute atomic E-state index is 12.4. The summed E-state index contributed by atoms with van der Waals surface area (Å²) >= 11 is 1.12. The van der Waals surface area contributed by atoms with Gasteiger partial charge in [0.1, 0.15) is 5.56 Å². The lowest BCUT2D eigenvalue weighted by Gasteiger charge is -2.11. The van der Waals surface area contributed by atoms with E-state index in [0.717, 1.165) is 17.6 Å². The highest BCUT2D eigenvalue weighted by Crippen LogP contribution is 2.29. The van der Waals surface area contributed by atoms with Crippen molar-refractivity contribution in [3.63, 3.8) is 0 Å². The summed E-state index contributed by atoms with van der Waals surface area (Å²) < 4.78 is 26.4. The van der Waals surface area contributed by atoms with Crippen LogP contribution >= 0.6 is 11.3 Å². The number of hydrogen-bond donors (Lipinski definition) is 3. The topological polar surface area (TPSA) is 126 Å². The molecule has 3 N–H and O–H groups in total. The fourth-order valence-electron chi connectivity index (χ4n) is 2.58. The molecule has 26 heavy (non-hydrogen) atoms. The van der Waals surface area contributed by atoms with E-state index >= 15 is 0 Å². The number of carboxylic acid groups (broad SMARTS) is 1. The Morgan fingerprint density at radius 2 is 1.88 bits per heavy atom. The van der Waals surface area contributed by atoms with Crippen LogP contribution in [0.25, 0.3) is 10.2 Å². The predicted octanol–water partition coefficient (Wildman–Crippen LogP) is 1.89. The Labute approximate surface area is 152 Å². The number of nitrogens with one attached hydrogen (secondary N) is 1. The van der Waals surface area contributed by atoms with Crippen LogP contribution in [-0.2, 0) is 16.6 Å². The molecule has 0 amide bonds. The van der Waals surface area contributed by atoms with Crippen molar-refractivity contribution in [3.05, 3.63) is 57.2 Å². The molecule has 3 rings (SSSR count). The van der Waals surface area contributed by atoms with Crippen molar-refractivity contribution in [1.29, 1.82) is 0 Å². The summed E-state index contributed by atoms with van der Waals surface area (Å²) in [7, 11) is -3.39. The van der Waals surface area contributed by atoms with Gasteiger partial charge in [-0.05, 0) is 29.1 Å². The number of aromatic carboxylic acids is 1. The van der Waals surface area contributed by atoms with E-state index in [1.165, 1.54) is 4.57 Å². The minimum absolute atomic E-state index is 0.0959. The first-order chi connectivity index (χ1) is 12.2. The van der Waals surface area contributed by atoms with Crippen LogP contribution in [0.2, 0.25) is 0 Å². The van der Waals surface area contributed by atoms with Gasteiger partial charge in [-0.15, -0.1) is 11.3 Å². The standard InChI is InChI=1S/C16H14N2O6S2/c1-26(23,24)17-10-4-2-9(3-5-10)8-18-11-6-7-25-14(11)12(16(21)22)13(19)15(18)20/h2-7,17,19H,8H2,1H3,(H,21,22). The van der Waals surface area contributed by atoms with Crippen LogP contribution in [-0.4, -0.2) is 35.4 Å². The van der Waals surface area contributed by atoms with Crippen molar-refractivity contribution in [2.45, 2.75) is 6.54 Å². The summed E-state index contributed by atoms with van der Waals surface area (Å²) in [5.41, 5.74) is 0.276. The summed E-state index contributed by atoms with van der Waals surface area (Å²) in [5, 5.41) is 20.9. The van der Waals surface area contributed by atoms with E-state index < -0.39 is 32.9 Å². The molecule has 10 heteroatoms. The third kappa shape index (κ3) is 3.41. The largest absolute Gasteiger partial charge is 0.502 e. The Morgan fingerprint density at radius 1 is 1.23 bits per heavy atom. The second-order valence-electron chi connectivity index (χ2n) is 5.63. The van der Waals surface area contributed by atoms with Gasteiger partial charge in [0.15, 0.2) is 5.75 Å². The normalized spacial score (nSPS) is 11.6. The fourth-order valence-corrected chi connectivity index (χ4v) is 4.08. The van der Waals surface area contributed by atoms with Gasteiger partial charge in [0, 0.05) is 5.69 Å². The number of nitrogens with zero attached hydrogens (tertiary/aromatic N) is 1. The van der Waals surface area contributed by atoms with Gasteiger partial charge in [0.25, 0.3) is 5.56 Å². The molecule has 0 radical (unpaired) electrons. The molecule has 0 bridgehead atoms. The van der Waals surface area contributed by atoms with Gasteiger partial charge in [-0.25, -0.2) is 13.2 Å². The van der Waals surface area contributed by atoms with Crippen molar-refractivity contribution in [2.75, 3.05) is 11.0 Å². The third-order valence-corrected chi connectivity index (χ3v) is 5.19. The first-order valence-electron chi connectivity index (χ1n) is 7.30. The molecule has 0 aliphatic rings. The average molecular weight is 394 g/mol. The molecular weight excluding hydrogens is 380 g/mol. The summed E-state index contributed by atoms with van der Waals surface area (Å²) in [6.45, 7) is 0.0959. The van der Waals surface area contributed by atoms with Crippen molar-refractivity contribution in [2.24, 2.45) is 0 Å². The minimum Gasteiger partial charge on any atom is -0.502 e. The Balaban J connectivity index is 2.04. The lowest BCUT2D eigenvalue weighted by molar-refractivity contribution is 0.0695. The number of carboxylic acids is 1. The molecule has 0 saturated carbocycles. The van der Waals surface area contributed by atoms with Gasteiger partial charge >= 0.3 is 5.97 Å². The summed E-state index contributed by atoms with van der Waals surface area (Å²) in [6, 6.07) is 8.00. The summed E-state index contributed by atoms with van der Waals surface area (Å²) in [4.78, 5) is 23.8. The van der Waals surface area contributed by atoms with Crippen LogP contribution in [0.4, 0.5) is 5.69 Å². The number of fused-ring (bicyclic) bond motifs is 1. The van der Waals surface area contributed by atoms with Crippen molar-refractivity contribution < 1.29 is 23.4 Å². The first kappa shape index (κ1) is 18.0. The van der Waals surface area contributed by atoms with Crippen LogP contribution in [0.5, 0.6) is 5.75 Å². The smallest absolute Gasteiger partial charge is 0.341 e. The van der Waals surface area contributed by atoms with Gasteiger partial charge in [0.2, 0.25) is 10.0 Å².